The predicted molar refractivity (Wildman–Crippen MR) is 90.6 cm³/mol. The minimum atomic E-state index is -0.847. The first-order chi connectivity index (χ1) is 12.1. The Bertz CT molecular complexity index is 755. The molecule has 1 aliphatic carbocycles. The van der Waals surface area contributed by atoms with Crippen LogP contribution in [0.15, 0.2) is 42.7 Å². The van der Waals surface area contributed by atoms with Crippen LogP contribution in [0.1, 0.15) is 30.4 Å². The summed E-state index contributed by atoms with van der Waals surface area (Å²) in [5.41, 5.74) is 0.807. The van der Waals surface area contributed by atoms with Gasteiger partial charge in [0.15, 0.2) is 11.6 Å². The molecule has 1 saturated heterocycles. The average molecular weight is 344 g/mol. The number of rotatable bonds is 3. The van der Waals surface area contributed by atoms with Gasteiger partial charge < -0.3 is 5.11 Å². The van der Waals surface area contributed by atoms with Gasteiger partial charge in [-0.2, -0.15) is 0 Å². The van der Waals surface area contributed by atoms with Crippen LogP contribution in [0.2, 0.25) is 0 Å². The molecule has 0 bridgehead atoms. The fourth-order valence-corrected chi connectivity index (χ4v) is 4.62. The Morgan fingerprint density at radius 3 is 2.84 bits per heavy atom. The van der Waals surface area contributed by atoms with Gasteiger partial charge in [-0.1, -0.05) is 12.1 Å². The van der Waals surface area contributed by atoms with E-state index < -0.39 is 17.2 Å². The third-order valence-corrected chi connectivity index (χ3v) is 5.81. The summed E-state index contributed by atoms with van der Waals surface area (Å²) < 4.78 is 26.6. The number of hydrogen-bond acceptors (Lipinski definition) is 3. The highest BCUT2D eigenvalue weighted by Crippen LogP contribution is 2.48. The van der Waals surface area contributed by atoms with E-state index in [2.05, 4.69) is 9.88 Å². The number of aliphatic hydroxyl groups is 1. The summed E-state index contributed by atoms with van der Waals surface area (Å²) in [6.45, 7) is 2.22. The van der Waals surface area contributed by atoms with Crippen LogP contribution >= 0.6 is 0 Å². The first-order valence-corrected chi connectivity index (χ1v) is 8.85. The third kappa shape index (κ3) is 3.07. The predicted octanol–water partition coefficient (Wildman–Crippen LogP) is 3.48. The van der Waals surface area contributed by atoms with Crippen LogP contribution in [-0.4, -0.2) is 28.1 Å². The van der Waals surface area contributed by atoms with E-state index >= 15 is 0 Å². The van der Waals surface area contributed by atoms with Gasteiger partial charge in [0.1, 0.15) is 0 Å². The van der Waals surface area contributed by atoms with Gasteiger partial charge in [0, 0.05) is 43.5 Å². The van der Waals surface area contributed by atoms with Crippen LogP contribution in [0.4, 0.5) is 8.78 Å². The lowest BCUT2D eigenvalue weighted by Gasteiger charge is -2.41. The quantitative estimate of drug-likeness (QED) is 0.926. The zero-order chi connectivity index (χ0) is 17.4. The van der Waals surface area contributed by atoms with Crippen LogP contribution in [0.3, 0.4) is 0 Å². The Balaban J connectivity index is 1.53. The molecular formula is C20H22F2N2O. The SMILES string of the molecule is OC1(c2cccnc2)CCCC2CN(Cc3ccc(F)c(F)c3)CC21. The third-order valence-electron chi connectivity index (χ3n) is 5.81. The molecule has 2 aromatic rings. The molecule has 25 heavy (non-hydrogen) atoms. The van der Waals surface area contributed by atoms with Gasteiger partial charge in [0.25, 0.3) is 0 Å². The Labute approximate surface area is 146 Å². The summed E-state index contributed by atoms with van der Waals surface area (Å²) in [5.74, 6) is -1.05. The van der Waals surface area contributed by atoms with Crippen molar-refractivity contribution in [3.63, 3.8) is 0 Å². The normalized spacial score (nSPS) is 29.6. The number of aromatic nitrogens is 1. The monoisotopic (exact) mass is 344 g/mol. The zero-order valence-corrected chi connectivity index (χ0v) is 14.0. The van der Waals surface area contributed by atoms with Crippen molar-refractivity contribution >= 4 is 0 Å². The second-order valence-electron chi connectivity index (χ2n) is 7.37. The minimum absolute atomic E-state index is 0.149. The van der Waals surface area contributed by atoms with E-state index in [1.165, 1.54) is 12.1 Å². The maximum Gasteiger partial charge on any atom is 0.159 e. The summed E-state index contributed by atoms with van der Waals surface area (Å²) >= 11 is 0. The minimum Gasteiger partial charge on any atom is -0.385 e. The Kier molecular flexibility index (Phi) is 4.29. The van der Waals surface area contributed by atoms with E-state index in [0.717, 1.165) is 43.5 Å². The standard InChI is InChI=1S/C20H22F2N2O/c21-18-6-5-14(9-19(18)22)11-24-12-15-3-1-7-20(25,17(15)13-24)16-4-2-8-23-10-16/h2,4-6,8-10,15,17,25H,1,3,7,11-13H2. The topological polar surface area (TPSA) is 36.4 Å². The molecule has 132 valence electrons. The molecule has 0 spiro atoms. The van der Waals surface area contributed by atoms with Crippen LogP contribution in [0, 0.1) is 23.5 Å². The Hall–Kier alpha value is -1.85. The highest BCUT2D eigenvalue weighted by Gasteiger charge is 2.49. The summed E-state index contributed by atoms with van der Waals surface area (Å²) in [7, 11) is 0. The van der Waals surface area contributed by atoms with Gasteiger partial charge in [-0.05, 0) is 48.9 Å². The van der Waals surface area contributed by atoms with Gasteiger partial charge in [-0.3, -0.25) is 9.88 Å². The number of hydrogen-bond donors (Lipinski definition) is 1. The summed E-state index contributed by atoms with van der Waals surface area (Å²) in [5, 5.41) is 11.4. The molecule has 5 heteroatoms. The van der Waals surface area contributed by atoms with E-state index in [-0.39, 0.29) is 5.92 Å². The molecule has 3 unspecified atom stereocenters. The number of likely N-dealkylation sites (tertiary alicyclic amines) is 1. The number of halogens is 2. The fourth-order valence-electron chi connectivity index (χ4n) is 4.62. The van der Waals surface area contributed by atoms with Crippen LogP contribution in [-0.2, 0) is 12.1 Å². The van der Waals surface area contributed by atoms with Crippen LogP contribution in [0.5, 0.6) is 0 Å². The molecule has 2 heterocycles. The molecule has 3 atom stereocenters. The molecule has 4 rings (SSSR count). The Morgan fingerprint density at radius 2 is 2.08 bits per heavy atom. The second-order valence-corrected chi connectivity index (χ2v) is 7.37. The van der Waals surface area contributed by atoms with E-state index in [1.54, 1.807) is 18.5 Å². The molecule has 0 amide bonds. The number of benzene rings is 1. The van der Waals surface area contributed by atoms with Crippen molar-refractivity contribution in [2.75, 3.05) is 13.1 Å². The van der Waals surface area contributed by atoms with Gasteiger partial charge in [0.2, 0.25) is 0 Å². The summed E-state index contributed by atoms with van der Waals surface area (Å²) in [4.78, 5) is 6.42. The highest BCUT2D eigenvalue weighted by molar-refractivity contribution is 5.23. The summed E-state index contributed by atoms with van der Waals surface area (Å²) in [6, 6.07) is 7.90. The lowest BCUT2D eigenvalue weighted by molar-refractivity contribution is -0.0650. The molecule has 1 aliphatic heterocycles. The van der Waals surface area contributed by atoms with Crippen molar-refractivity contribution in [1.29, 1.82) is 0 Å². The van der Waals surface area contributed by atoms with E-state index in [0.29, 0.717) is 12.5 Å². The van der Waals surface area contributed by atoms with Gasteiger partial charge in [-0.15, -0.1) is 0 Å². The maximum atomic E-state index is 13.5. The molecule has 2 aliphatic rings. The van der Waals surface area contributed by atoms with Gasteiger partial charge in [0.05, 0.1) is 5.60 Å². The molecule has 1 saturated carbocycles. The fraction of sp³-hybridized carbons (Fsp3) is 0.450. The molecule has 1 N–H and O–H groups in total. The average Bonchev–Trinajstić information content (AvgIpc) is 3.03. The zero-order valence-electron chi connectivity index (χ0n) is 14.0. The molecule has 0 radical (unpaired) electrons. The first kappa shape index (κ1) is 16.6. The smallest absolute Gasteiger partial charge is 0.159 e. The second kappa shape index (κ2) is 6.46. The molecular weight excluding hydrogens is 322 g/mol. The largest absolute Gasteiger partial charge is 0.385 e. The molecule has 3 nitrogen and oxygen atoms in total. The van der Waals surface area contributed by atoms with Crippen molar-refractivity contribution < 1.29 is 13.9 Å². The van der Waals surface area contributed by atoms with Crippen molar-refractivity contribution in [3.05, 3.63) is 65.5 Å². The lowest BCUT2D eigenvalue weighted by atomic mass is 9.68. The van der Waals surface area contributed by atoms with Gasteiger partial charge in [-0.25, -0.2) is 8.78 Å². The van der Waals surface area contributed by atoms with Crippen LogP contribution in [0.25, 0.3) is 0 Å². The van der Waals surface area contributed by atoms with E-state index in [4.69, 9.17) is 0 Å². The number of nitrogens with zero attached hydrogens (tertiary/aromatic N) is 2. The van der Waals surface area contributed by atoms with Gasteiger partial charge >= 0.3 is 0 Å². The molecule has 1 aromatic heterocycles. The maximum absolute atomic E-state index is 13.5. The van der Waals surface area contributed by atoms with Crippen molar-refractivity contribution in [2.45, 2.75) is 31.4 Å². The van der Waals surface area contributed by atoms with Crippen molar-refractivity contribution in [2.24, 2.45) is 11.8 Å². The van der Waals surface area contributed by atoms with E-state index in [1.807, 2.05) is 12.1 Å². The van der Waals surface area contributed by atoms with Crippen LogP contribution < -0.4 is 0 Å². The number of fused-ring (bicyclic) bond motifs is 1. The van der Waals surface area contributed by atoms with Crippen molar-refractivity contribution in [1.82, 2.24) is 9.88 Å². The molecule has 2 fully saturated rings. The van der Waals surface area contributed by atoms with Crippen molar-refractivity contribution in [3.8, 4) is 0 Å². The molecule has 1 aromatic carbocycles. The van der Waals surface area contributed by atoms with E-state index in [9.17, 15) is 13.9 Å². The Morgan fingerprint density at radius 1 is 1.20 bits per heavy atom. The lowest BCUT2D eigenvalue weighted by Crippen LogP contribution is -2.42. The number of pyridine rings is 1. The first-order valence-electron chi connectivity index (χ1n) is 8.85. The summed E-state index contributed by atoms with van der Waals surface area (Å²) in [6.07, 6.45) is 6.32. The highest BCUT2D eigenvalue weighted by atomic mass is 19.2.